The molecule has 2 aliphatic rings. The third-order valence-corrected chi connectivity index (χ3v) is 6.53. The second-order valence-electron chi connectivity index (χ2n) is 8.47. The smallest absolute Gasteiger partial charge is 0.245 e. The van der Waals surface area contributed by atoms with Gasteiger partial charge in [-0.25, -0.2) is 4.98 Å². The highest BCUT2D eigenvalue weighted by Crippen LogP contribution is 2.34. The van der Waals surface area contributed by atoms with E-state index in [0.717, 1.165) is 47.4 Å². The first-order chi connectivity index (χ1) is 15.6. The predicted octanol–water partition coefficient (Wildman–Crippen LogP) is 2.86. The second kappa shape index (κ2) is 8.61. The van der Waals surface area contributed by atoms with Crippen molar-refractivity contribution >= 4 is 22.8 Å². The monoisotopic (exact) mass is 433 g/mol. The van der Waals surface area contributed by atoms with E-state index in [4.69, 9.17) is 9.72 Å². The summed E-state index contributed by atoms with van der Waals surface area (Å²) in [7, 11) is 1.62. The van der Waals surface area contributed by atoms with Crippen LogP contribution in [-0.4, -0.2) is 62.8 Å². The van der Waals surface area contributed by atoms with E-state index < -0.39 is 6.04 Å². The van der Waals surface area contributed by atoms with Gasteiger partial charge in [-0.1, -0.05) is 12.1 Å². The van der Waals surface area contributed by atoms with Crippen LogP contribution in [0.25, 0.3) is 11.0 Å². The molecule has 2 aliphatic heterocycles. The van der Waals surface area contributed by atoms with Crippen molar-refractivity contribution in [2.24, 2.45) is 0 Å². The van der Waals surface area contributed by atoms with Gasteiger partial charge >= 0.3 is 0 Å². The number of nitrogens with zero attached hydrogens (tertiary/aromatic N) is 4. The number of hydrogen-bond donors (Lipinski definition) is 1. The quantitative estimate of drug-likeness (QED) is 0.668. The summed E-state index contributed by atoms with van der Waals surface area (Å²) in [6.07, 6.45) is 7.11. The first kappa shape index (κ1) is 20.5. The number of nitrogens with one attached hydrogen (secondary N) is 1. The fraction of sp³-hybridized carbons (Fsp3) is 0.417. The summed E-state index contributed by atoms with van der Waals surface area (Å²) in [5, 5.41) is 0. The number of amides is 2. The lowest BCUT2D eigenvalue weighted by atomic mass is 10.1. The van der Waals surface area contributed by atoms with E-state index in [1.807, 2.05) is 35.2 Å². The van der Waals surface area contributed by atoms with E-state index in [1.165, 1.54) is 0 Å². The highest BCUT2D eigenvalue weighted by molar-refractivity contribution is 5.89. The molecular formula is C24H27N5O3. The Hall–Kier alpha value is -3.42. The Balaban J connectivity index is 1.31. The molecule has 8 nitrogen and oxygen atoms in total. The molecule has 0 aliphatic carbocycles. The molecule has 1 N–H and O–H groups in total. The van der Waals surface area contributed by atoms with Crippen molar-refractivity contribution < 1.29 is 14.3 Å². The summed E-state index contributed by atoms with van der Waals surface area (Å²) in [6, 6.07) is 8.89. The SMILES string of the molecule is COc1ccc(CC(=O)N2CCCC2C(=O)N2CCCC2c2nc3ccncc3[nH]2)cc1. The van der Waals surface area contributed by atoms with Crippen LogP contribution in [0.1, 0.15) is 43.1 Å². The largest absolute Gasteiger partial charge is 0.497 e. The molecule has 1 aromatic carbocycles. The summed E-state index contributed by atoms with van der Waals surface area (Å²) < 4.78 is 5.19. The van der Waals surface area contributed by atoms with Crippen molar-refractivity contribution in [3.63, 3.8) is 0 Å². The number of fused-ring (bicyclic) bond motifs is 1. The second-order valence-corrected chi connectivity index (χ2v) is 8.47. The maximum absolute atomic E-state index is 13.6. The van der Waals surface area contributed by atoms with Gasteiger partial charge in [-0.3, -0.25) is 14.6 Å². The maximum atomic E-state index is 13.6. The number of carbonyl (C=O) groups excluding carboxylic acids is 2. The van der Waals surface area contributed by atoms with E-state index in [2.05, 4.69) is 9.97 Å². The maximum Gasteiger partial charge on any atom is 0.245 e. The number of pyridine rings is 1. The summed E-state index contributed by atoms with van der Waals surface area (Å²) in [6.45, 7) is 1.32. The van der Waals surface area contributed by atoms with Crippen LogP contribution in [0.15, 0.2) is 42.7 Å². The van der Waals surface area contributed by atoms with Crippen molar-refractivity contribution in [1.29, 1.82) is 0 Å². The molecule has 2 amide bonds. The van der Waals surface area contributed by atoms with Gasteiger partial charge in [0, 0.05) is 19.3 Å². The number of rotatable bonds is 5. The van der Waals surface area contributed by atoms with E-state index in [9.17, 15) is 9.59 Å². The van der Waals surface area contributed by atoms with Crippen LogP contribution in [0.3, 0.4) is 0 Å². The third kappa shape index (κ3) is 3.81. The first-order valence-corrected chi connectivity index (χ1v) is 11.2. The molecule has 0 saturated carbocycles. The minimum Gasteiger partial charge on any atom is -0.497 e. The Kier molecular flexibility index (Phi) is 5.51. The van der Waals surface area contributed by atoms with Crippen molar-refractivity contribution in [2.45, 2.75) is 44.2 Å². The summed E-state index contributed by atoms with van der Waals surface area (Å²) >= 11 is 0. The van der Waals surface area contributed by atoms with Gasteiger partial charge in [-0.2, -0.15) is 0 Å². The molecule has 2 atom stereocenters. The molecule has 5 rings (SSSR count). The molecule has 0 radical (unpaired) electrons. The first-order valence-electron chi connectivity index (χ1n) is 11.2. The normalized spacial score (nSPS) is 20.8. The van der Waals surface area contributed by atoms with Gasteiger partial charge in [0.05, 0.1) is 36.8 Å². The number of methoxy groups -OCH3 is 1. The van der Waals surface area contributed by atoms with E-state index in [0.29, 0.717) is 19.5 Å². The minimum absolute atomic E-state index is 0.00317. The molecule has 0 spiro atoms. The zero-order valence-corrected chi connectivity index (χ0v) is 18.2. The van der Waals surface area contributed by atoms with Crippen LogP contribution in [0, 0.1) is 0 Å². The average molecular weight is 434 g/mol. The summed E-state index contributed by atoms with van der Waals surface area (Å²) in [5.41, 5.74) is 2.65. The highest BCUT2D eigenvalue weighted by Gasteiger charge is 2.41. The summed E-state index contributed by atoms with van der Waals surface area (Å²) in [5.74, 6) is 1.59. The van der Waals surface area contributed by atoms with Gasteiger partial charge in [-0.05, 0) is 49.4 Å². The number of carbonyl (C=O) groups is 2. The highest BCUT2D eigenvalue weighted by atomic mass is 16.5. The van der Waals surface area contributed by atoms with Gasteiger partial charge in [0.2, 0.25) is 11.8 Å². The van der Waals surface area contributed by atoms with Crippen molar-refractivity contribution in [2.75, 3.05) is 20.2 Å². The molecule has 2 aromatic heterocycles. The molecule has 3 aromatic rings. The number of ether oxygens (including phenoxy) is 1. The number of imidazole rings is 1. The van der Waals surface area contributed by atoms with Crippen LogP contribution >= 0.6 is 0 Å². The minimum atomic E-state index is -0.396. The molecule has 2 unspecified atom stereocenters. The Labute approximate surface area is 186 Å². The Bertz CT molecular complexity index is 1090. The van der Waals surface area contributed by atoms with Crippen molar-refractivity contribution in [1.82, 2.24) is 24.8 Å². The zero-order chi connectivity index (χ0) is 22.1. The van der Waals surface area contributed by atoms with Gasteiger partial charge in [0.1, 0.15) is 17.6 Å². The van der Waals surface area contributed by atoms with E-state index in [-0.39, 0.29) is 24.3 Å². The fourth-order valence-corrected chi connectivity index (χ4v) is 4.88. The number of aromatic nitrogens is 3. The lowest BCUT2D eigenvalue weighted by Crippen LogP contribution is -2.48. The fourth-order valence-electron chi connectivity index (χ4n) is 4.88. The van der Waals surface area contributed by atoms with Crippen LogP contribution in [0.5, 0.6) is 5.75 Å². The van der Waals surface area contributed by atoms with E-state index in [1.54, 1.807) is 24.4 Å². The topological polar surface area (TPSA) is 91.4 Å². The number of benzene rings is 1. The molecule has 0 bridgehead atoms. The Morgan fingerprint density at radius 1 is 1.09 bits per heavy atom. The molecule has 2 saturated heterocycles. The molecule has 2 fully saturated rings. The summed E-state index contributed by atoms with van der Waals surface area (Å²) in [4.78, 5) is 42.5. The third-order valence-electron chi connectivity index (χ3n) is 6.53. The van der Waals surface area contributed by atoms with E-state index >= 15 is 0 Å². The lowest BCUT2D eigenvalue weighted by Gasteiger charge is -2.31. The molecule has 4 heterocycles. The number of H-pyrrole nitrogens is 1. The Morgan fingerprint density at radius 2 is 1.88 bits per heavy atom. The van der Waals surface area contributed by atoms with Crippen LogP contribution in [0.2, 0.25) is 0 Å². The van der Waals surface area contributed by atoms with Crippen molar-refractivity contribution in [3.8, 4) is 5.75 Å². The zero-order valence-electron chi connectivity index (χ0n) is 18.2. The molecular weight excluding hydrogens is 406 g/mol. The molecule has 8 heteroatoms. The lowest BCUT2D eigenvalue weighted by molar-refractivity contribution is -0.144. The Morgan fingerprint density at radius 3 is 2.66 bits per heavy atom. The van der Waals surface area contributed by atoms with Gasteiger partial charge in [-0.15, -0.1) is 0 Å². The van der Waals surface area contributed by atoms with Gasteiger partial charge in [0.25, 0.3) is 0 Å². The van der Waals surface area contributed by atoms with Crippen LogP contribution < -0.4 is 4.74 Å². The average Bonchev–Trinajstić information content (AvgIpc) is 3.57. The van der Waals surface area contributed by atoms with Gasteiger partial charge < -0.3 is 19.5 Å². The van der Waals surface area contributed by atoms with Crippen LogP contribution in [0.4, 0.5) is 0 Å². The van der Waals surface area contributed by atoms with Crippen molar-refractivity contribution in [3.05, 3.63) is 54.1 Å². The predicted molar refractivity (Wildman–Crippen MR) is 119 cm³/mol. The number of hydrogen-bond acceptors (Lipinski definition) is 5. The number of likely N-dealkylation sites (tertiary alicyclic amines) is 2. The standard InChI is InChI=1S/C24H27N5O3/c1-32-17-8-6-16(7-9-17)14-22(30)28-12-3-5-21(28)24(31)29-13-2-4-20(29)23-26-18-10-11-25-15-19(18)27-23/h6-11,15,20-21H,2-5,12-14H2,1H3,(H,26,27). The number of aromatic amines is 1. The van der Waals surface area contributed by atoms with Gasteiger partial charge in [0.15, 0.2) is 0 Å². The molecule has 32 heavy (non-hydrogen) atoms. The molecule has 166 valence electrons. The van der Waals surface area contributed by atoms with Crippen LogP contribution in [-0.2, 0) is 16.0 Å².